The van der Waals surface area contributed by atoms with Gasteiger partial charge in [-0.2, -0.15) is 9.36 Å². The summed E-state index contributed by atoms with van der Waals surface area (Å²) < 4.78 is 17.1. The van der Waals surface area contributed by atoms with Gasteiger partial charge in [0, 0.05) is 22.7 Å². The average molecular weight is 313 g/mol. The molecule has 0 saturated carbocycles. The van der Waals surface area contributed by atoms with E-state index in [2.05, 4.69) is 14.7 Å². The van der Waals surface area contributed by atoms with Gasteiger partial charge in [0.05, 0.1) is 0 Å². The SMILES string of the molecule is Cc1ccccc1C(=O)Nc1nc(-c2ccc(F)cc2)ns1. The number of rotatable bonds is 3. The van der Waals surface area contributed by atoms with Gasteiger partial charge < -0.3 is 0 Å². The first-order valence-corrected chi connectivity index (χ1v) is 7.37. The fraction of sp³-hybridized carbons (Fsp3) is 0.0625. The van der Waals surface area contributed by atoms with Crippen molar-refractivity contribution >= 4 is 22.6 Å². The molecule has 4 nitrogen and oxygen atoms in total. The van der Waals surface area contributed by atoms with Gasteiger partial charge in [0.25, 0.3) is 5.91 Å². The molecule has 0 unspecified atom stereocenters. The largest absolute Gasteiger partial charge is 0.297 e. The molecule has 0 bridgehead atoms. The third-order valence-electron chi connectivity index (χ3n) is 3.14. The van der Waals surface area contributed by atoms with Crippen LogP contribution in [0.15, 0.2) is 48.5 Å². The maximum absolute atomic E-state index is 12.9. The number of halogens is 1. The topological polar surface area (TPSA) is 54.9 Å². The number of hydrogen-bond acceptors (Lipinski definition) is 4. The van der Waals surface area contributed by atoms with E-state index in [0.29, 0.717) is 22.1 Å². The predicted octanol–water partition coefficient (Wildman–Crippen LogP) is 3.90. The maximum Gasteiger partial charge on any atom is 0.257 e. The van der Waals surface area contributed by atoms with Crippen LogP contribution >= 0.6 is 11.5 Å². The van der Waals surface area contributed by atoms with E-state index in [0.717, 1.165) is 17.1 Å². The van der Waals surface area contributed by atoms with E-state index in [1.807, 2.05) is 25.1 Å². The first kappa shape index (κ1) is 14.3. The number of nitrogens with one attached hydrogen (secondary N) is 1. The molecule has 3 aromatic rings. The summed E-state index contributed by atoms with van der Waals surface area (Å²) in [6.07, 6.45) is 0. The fourth-order valence-electron chi connectivity index (χ4n) is 1.98. The van der Waals surface area contributed by atoms with Crippen LogP contribution in [0.25, 0.3) is 11.4 Å². The van der Waals surface area contributed by atoms with Gasteiger partial charge in [-0.15, -0.1) is 0 Å². The molecule has 22 heavy (non-hydrogen) atoms. The Bertz CT molecular complexity index is 814. The van der Waals surface area contributed by atoms with Crippen LogP contribution in [0.5, 0.6) is 0 Å². The second-order valence-corrected chi connectivity index (χ2v) is 5.45. The van der Waals surface area contributed by atoms with Crippen molar-refractivity contribution in [3.05, 3.63) is 65.5 Å². The number of aryl methyl sites for hydroxylation is 1. The van der Waals surface area contributed by atoms with Crippen molar-refractivity contribution in [3.8, 4) is 11.4 Å². The summed E-state index contributed by atoms with van der Waals surface area (Å²) in [6.45, 7) is 1.87. The van der Waals surface area contributed by atoms with E-state index in [1.54, 1.807) is 18.2 Å². The summed E-state index contributed by atoms with van der Waals surface area (Å²) in [4.78, 5) is 16.5. The zero-order valence-electron chi connectivity index (χ0n) is 11.7. The summed E-state index contributed by atoms with van der Waals surface area (Å²) >= 11 is 1.09. The molecule has 1 heterocycles. The van der Waals surface area contributed by atoms with Gasteiger partial charge in [0.15, 0.2) is 5.82 Å². The van der Waals surface area contributed by atoms with Gasteiger partial charge in [-0.05, 0) is 42.8 Å². The fourth-order valence-corrected chi connectivity index (χ4v) is 2.57. The Morgan fingerprint density at radius 2 is 1.86 bits per heavy atom. The Labute approximate surface area is 130 Å². The Morgan fingerprint density at radius 3 is 2.59 bits per heavy atom. The Morgan fingerprint density at radius 1 is 1.14 bits per heavy atom. The Kier molecular flexibility index (Phi) is 3.93. The number of anilines is 1. The molecule has 0 fully saturated rings. The molecular weight excluding hydrogens is 301 g/mol. The molecule has 3 rings (SSSR count). The van der Waals surface area contributed by atoms with E-state index in [4.69, 9.17) is 0 Å². The second-order valence-electron chi connectivity index (χ2n) is 4.70. The van der Waals surface area contributed by atoms with Gasteiger partial charge in [-0.3, -0.25) is 10.1 Å². The van der Waals surface area contributed by atoms with E-state index >= 15 is 0 Å². The molecule has 110 valence electrons. The minimum Gasteiger partial charge on any atom is -0.297 e. The summed E-state index contributed by atoms with van der Waals surface area (Å²) in [7, 11) is 0. The summed E-state index contributed by atoms with van der Waals surface area (Å²) in [6, 6.07) is 13.2. The van der Waals surface area contributed by atoms with Gasteiger partial charge in [-0.1, -0.05) is 18.2 Å². The number of aromatic nitrogens is 2. The van der Waals surface area contributed by atoms with Crippen LogP contribution in [-0.2, 0) is 0 Å². The van der Waals surface area contributed by atoms with Crippen LogP contribution in [0.4, 0.5) is 9.52 Å². The minimum atomic E-state index is -0.313. The van der Waals surface area contributed by atoms with E-state index in [9.17, 15) is 9.18 Å². The highest BCUT2D eigenvalue weighted by Crippen LogP contribution is 2.22. The predicted molar refractivity (Wildman–Crippen MR) is 84.4 cm³/mol. The molecule has 0 radical (unpaired) electrons. The lowest BCUT2D eigenvalue weighted by Gasteiger charge is -2.04. The molecule has 0 saturated heterocycles. The normalized spacial score (nSPS) is 10.5. The zero-order chi connectivity index (χ0) is 15.5. The van der Waals surface area contributed by atoms with Crippen LogP contribution in [-0.4, -0.2) is 15.3 Å². The van der Waals surface area contributed by atoms with Gasteiger partial charge in [0.2, 0.25) is 5.13 Å². The van der Waals surface area contributed by atoms with Crippen molar-refractivity contribution in [2.75, 3.05) is 5.32 Å². The van der Waals surface area contributed by atoms with Crippen LogP contribution in [0.3, 0.4) is 0 Å². The first-order valence-electron chi connectivity index (χ1n) is 6.60. The summed E-state index contributed by atoms with van der Waals surface area (Å²) in [5.74, 6) is -0.0722. The van der Waals surface area contributed by atoms with Crippen LogP contribution < -0.4 is 5.32 Å². The number of benzene rings is 2. The van der Waals surface area contributed by atoms with Crippen molar-refractivity contribution in [2.45, 2.75) is 6.92 Å². The Balaban J connectivity index is 1.78. The molecule has 1 N–H and O–H groups in total. The number of amides is 1. The highest BCUT2D eigenvalue weighted by molar-refractivity contribution is 7.10. The molecule has 0 aliphatic carbocycles. The highest BCUT2D eigenvalue weighted by atomic mass is 32.1. The van der Waals surface area contributed by atoms with Crippen molar-refractivity contribution in [1.29, 1.82) is 0 Å². The molecule has 0 atom stereocenters. The van der Waals surface area contributed by atoms with Gasteiger partial charge in [-0.25, -0.2) is 4.39 Å². The number of carbonyl (C=O) groups excluding carboxylic acids is 1. The second kappa shape index (κ2) is 6.03. The Hall–Kier alpha value is -2.60. The molecule has 1 aromatic heterocycles. The summed E-state index contributed by atoms with van der Waals surface area (Å²) in [5, 5.41) is 3.14. The number of carbonyl (C=O) groups is 1. The van der Waals surface area contributed by atoms with Crippen LogP contribution in [0, 0.1) is 12.7 Å². The maximum atomic E-state index is 12.9. The quantitative estimate of drug-likeness (QED) is 0.797. The third-order valence-corrected chi connectivity index (χ3v) is 3.77. The standard InChI is InChI=1S/C16H12FN3OS/c1-10-4-2-3-5-13(10)15(21)19-16-18-14(20-22-16)11-6-8-12(17)9-7-11/h2-9H,1H3,(H,18,19,20,21). The molecule has 0 aliphatic rings. The van der Waals surface area contributed by atoms with Crippen molar-refractivity contribution in [1.82, 2.24) is 9.36 Å². The number of nitrogens with zero attached hydrogens (tertiary/aromatic N) is 2. The third kappa shape index (κ3) is 3.01. The molecule has 1 amide bonds. The van der Waals surface area contributed by atoms with Crippen molar-refractivity contribution in [3.63, 3.8) is 0 Å². The van der Waals surface area contributed by atoms with E-state index in [1.165, 1.54) is 12.1 Å². The smallest absolute Gasteiger partial charge is 0.257 e. The number of hydrogen-bond donors (Lipinski definition) is 1. The van der Waals surface area contributed by atoms with Crippen molar-refractivity contribution < 1.29 is 9.18 Å². The first-order chi connectivity index (χ1) is 10.6. The van der Waals surface area contributed by atoms with Crippen molar-refractivity contribution in [2.24, 2.45) is 0 Å². The lowest BCUT2D eigenvalue weighted by atomic mass is 10.1. The van der Waals surface area contributed by atoms with Gasteiger partial charge >= 0.3 is 0 Å². The minimum absolute atomic E-state index is 0.222. The van der Waals surface area contributed by atoms with Crippen LogP contribution in [0.1, 0.15) is 15.9 Å². The molecule has 0 aliphatic heterocycles. The van der Waals surface area contributed by atoms with Crippen LogP contribution in [0.2, 0.25) is 0 Å². The molecule has 0 spiro atoms. The summed E-state index contributed by atoms with van der Waals surface area (Å²) in [5.41, 5.74) is 2.19. The lowest BCUT2D eigenvalue weighted by molar-refractivity contribution is 0.102. The lowest BCUT2D eigenvalue weighted by Crippen LogP contribution is -2.12. The monoisotopic (exact) mass is 313 g/mol. The molecular formula is C16H12FN3OS. The zero-order valence-corrected chi connectivity index (χ0v) is 12.5. The van der Waals surface area contributed by atoms with E-state index in [-0.39, 0.29) is 11.7 Å². The molecule has 6 heteroatoms. The highest BCUT2D eigenvalue weighted by Gasteiger charge is 2.12. The van der Waals surface area contributed by atoms with Gasteiger partial charge in [0.1, 0.15) is 5.82 Å². The van der Waals surface area contributed by atoms with E-state index < -0.39 is 0 Å². The average Bonchev–Trinajstić information content (AvgIpc) is 2.97. The molecule has 2 aromatic carbocycles.